The SMILES string of the molecule is CC1(OCC2CCCCC2)c2ccccc2N(C(=O)Cc2ccccc2)C1OCC1CCCCC1. The number of ether oxygens (including phenoxy) is 2. The van der Waals surface area contributed by atoms with Gasteiger partial charge in [0.05, 0.1) is 25.3 Å². The van der Waals surface area contributed by atoms with Gasteiger partial charge in [-0.2, -0.15) is 0 Å². The molecule has 2 aromatic carbocycles. The Labute approximate surface area is 211 Å². The third-order valence-corrected chi connectivity index (χ3v) is 8.43. The predicted octanol–water partition coefficient (Wildman–Crippen LogP) is 7.01. The number of amides is 1. The summed E-state index contributed by atoms with van der Waals surface area (Å²) in [4.78, 5) is 15.7. The van der Waals surface area contributed by atoms with Crippen LogP contribution in [-0.2, 0) is 26.3 Å². The highest BCUT2D eigenvalue weighted by Gasteiger charge is 2.52. The number of benzene rings is 2. The fourth-order valence-electron chi connectivity index (χ4n) is 6.34. The van der Waals surface area contributed by atoms with Crippen molar-refractivity contribution in [3.05, 3.63) is 65.7 Å². The molecule has 0 N–H and O–H groups in total. The van der Waals surface area contributed by atoms with E-state index in [9.17, 15) is 4.79 Å². The molecule has 2 atom stereocenters. The van der Waals surface area contributed by atoms with Crippen molar-refractivity contribution in [1.82, 2.24) is 0 Å². The van der Waals surface area contributed by atoms with E-state index in [1.807, 2.05) is 41.3 Å². The molecule has 5 rings (SSSR count). The molecule has 0 radical (unpaired) electrons. The zero-order valence-electron chi connectivity index (χ0n) is 21.3. The Hall–Kier alpha value is -2.17. The summed E-state index contributed by atoms with van der Waals surface area (Å²) >= 11 is 0. The second-order valence-corrected chi connectivity index (χ2v) is 11.1. The van der Waals surface area contributed by atoms with Gasteiger partial charge in [0.25, 0.3) is 0 Å². The fraction of sp³-hybridized carbons (Fsp3) is 0.581. The third-order valence-electron chi connectivity index (χ3n) is 8.43. The molecule has 0 spiro atoms. The van der Waals surface area contributed by atoms with E-state index in [-0.39, 0.29) is 5.91 Å². The monoisotopic (exact) mass is 475 g/mol. The molecule has 0 bridgehead atoms. The molecule has 1 amide bonds. The van der Waals surface area contributed by atoms with Crippen molar-refractivity contribution in [2.75, 3.05) is 18.1 Å². The van der Waals surface area contributed by atoms with Crippen LogP contribution in [0.5, 0.6) is 0 Å². The van der Waals surface area contributed by atoms with Crippen LogP contribution in [0.3, 0.4) is 0 Å². The van der Waals surface area contributed by atoms with Crippen LogP contribution in [0.2, 0.25) is 0 Å². The average Bonchev–Trinajstić information content (AvgIpc) is 3.16. The summed E-state index contributed by atoms with van der Waals surface area (Å²) < 4.78 is 13.6. The van der Waals surface area contributed by atoms with E-state index in [2.05, 4.69) is 25.1 Å². The van der Waals surface area contributed by atoms with Gasteiger partial charge in [-0.1, -0.05) is 87.1 Å². The van der Waals surface area contributed by atoms with Crippen molar-refractivity contribution in [1.29, 1.82) is 0 Å². The topological polar surface area (TPSA) is 38.8 Å². The van der Waals surface area contributed by atoms with Crippen molar-refractivity contribution in [3.8, 4) is 0 Å². The summed E-state index contributed by atoms with van der Waals surface area (Å²) in [5, 5.41) is 0. The van der Waals surface area contributed by atoms with Gasteiger partial charge in [0.2, 0.25) is 5.91 Å². The molecule has 2 saturated carbocycles. The molecule has 2 aliphatic carbocycles. The van der Waals surface area contributed by atoms with Crippen molar-refractivity contribution in [2.45, 2.75) is 89.4 Å². The van der Waals surface area contributed by atoms with E-state index in [1.165, 1.54) is 64.2 Å². The molecule has 0 saturated heterocycles. The van der Waals surface area contributed by atoms with Gasteiger partial charge in [0.15, 0.2) is 6.23 Å². The molecule has 35 heavy (non-hydrogen) atoms. The first-order chi connectivity index (χ1) is 17.1. The lowest BCUT2D eigenvalue weighted by atomic mass is 9.89. The maximum atomic E-state index is 13.8. The average molecular weight is 476 g/mol. The highest BCUT2D eigenvalue weighted by atomic mass is 16.6. The van der Waals surface area contributed by atoms with Crippen molar-refractivity contribution in [2.24, 2.45) is 11.8 Å². The molecule has 2 unspecified atom stereocenters. The molecule has 4 nitrogen and oxygen atoms in total. The quantitative estimate of drug-likeness (QED) is 0.412. The Balaban J connectivity index is 1.42. The van der Waals surface area contributed by atoms with Gasteiger partial charge in [-0.3, -0.25) is 9.69 Å². The lowest BCUT2D eigenvalue weighted by Crippen LogP contribution is -2.50. The molecule has 1 aliphatic heterocycles. The number of hydrogen-bond acceptors (Lipinski definition) is 3. The van der Waals surface area contributed by atoms with Gasteiger partial charge in [-0.15, -0.1) is 0 Å². The number of fused-ring (bicyclic) bond motifs is 1. The Kier molecular flexibility index (Phi) is 7.89. The maximum Gasteiger partial charge on any atom is 0.233 e. The van der Waals surface area contributed by atoms with Gasteiger partial charge < -0.3 is 9.47 Å². The van der Waals surface area contributed by atoms with Crippen molar-refractivity contribution >= 4 is 11.6 Å². The van der Waals surface area contributed by atoms with E-state index in [4.69, 9.17) is 9.47 Å². The lowest BCUT2D eigenvalue weighted by Gasteiger charge is -2.38. The number of nitrogens with zero attached hydrogens (tertiary/aromatic N) is 1. The molecule has 1 heterocycles. The standard InChI is InChI=1S/C31H41NO3/c1-31(35-23-26-17-9-4-10-18-26)27-19-11-12-20-28(27)32(29(33)21-24-13-5-2-6-14-24)30(31)34-22-25-15-7-3-8-16-25/h2,5-6,11-14,19-20,25-26,30H,3-4,7-10,15-18,21-23H2,1H3. The minimum atomic E-state index is -0.672. The van der Waals surface area contributed by atoms with Crippen LogP contribution < -0.4 is 4.90 Å². The van der Waals surface area contributed by atoms with E-state index in [0.29, 0.717) is 24.9 Å². The highest BCUT2D eigenvalue weighted by molar-refractivity contribution is 5.98. The molecule has 188 valence electrons. The summed E-state index contributed by atoms with van der Waals surface area (Å²) in [6.45, 7) is 3.57. The molecular formula is C31H41NO3. The van der Waals surface area contributed by atoms with E-state index in [1.54, 1.807) is 0 Å². The minimum Gasteiger partial charge on any atom is -0.365 e. The predicted molar refractivity (Wildman–Crippen MR) is 140 cm³/mol. The molecular weight excluding hydrogens is 434 g/mol. The Morgan fingerprint density at radius 3 is 2.11 bits per heavy atom. The smallest absolute Gasteiger partial charge is 0.233 e. The van der Waals surface area contributed by atoms with Gasteiger partial charge in [0, 0.05) is 5.56 Å². The lowest BCUT2D eigenvalue weighted by molar-refractivity contribution is -0.155. The van der Waals surface area contributed by atoms with Crippen LogP contribution in [0.15, 0.2) is 54.6 Å². The van der Waals surface area contributed by atoms with Gasteiger partial charge >= 0.3 is 0 Å². The second kappa shape index (κ2) is 11.3. The Morgan fingerprint density at radius 1 is 0.829 bits per heavy atom. The molecule has 0 aromatic heterocycles. The molecule has 3 aliphatic rings. The second-order valence-electron chi connectivity index (χ2n) is 11.1. The summed E-state index contributed by atoms with van der Waals surface area (Å²) in [5.41, 5.74) is 2.37. The first kappa shape index (κ1) is 24.5. The number of para-hydroxylation sites is 1. The maximum absolute atomic E-state index is 13.8. The summed E-state index contributed by atoms with van der Waals surface area (Å²) in [5.74, 6) is 1.24. The summed E-state index contributed by atoms with van der Waals surface area (Å²) in [6, 6.07) is 18.3. The summed E-state index contributed by atoms with van der Waals surface area (Å²) in [7, 11) is 0. The highest BCUT2D eigenvalue weighted by Crippen LogP contribution is 2.48. The Morgan fingerprint density at radius 2 is 1.43 bits per heavy atom. The van der Waals surface area contributed by atoms with E-state index >= 15 is 0 Å². The van der Waals surface area contributed by atoms with E-state index in [0.717, 1.165) is 23.4 Å². The molecule has 4 heteroatoms. The van der Waals surface area contributed by atoms with Gasteiger partial charge in [0.1, 0.15) is 5.60 Å². The zero-order chi connectivity index (χ0) is 24.1. The zero-order valence-corrected chi connectivity index (χ0v) is 21.3. The summed E-state index contributed by atoms with van der Waals surface area (Å²) in [6.07, 6.45) is 12.7. The van der Waals surface area contributed by atoms with Crippen LogP contribution >= 0.6 is 0 Å². The first-order valence-electron chi connectivity index (χ1n) is 13.9. The number of hydrogen-bond donors (Lipinski definition) is 0. The van der Waals surface area contributed by atoms with Crippen LogP contribution in [0.1, 0.15) is 82.3 Å². The number of rotatable bonds is 8. The minimum absolute atomic E-state index is 0.0716. The van der Waals surface area contributed by atoms with Crippen LogP contribution in [0.4, 0.5) is 5.69 Å². The molecule has 2 aromatic rings. The number of anilines is 1. The van der Waals surface area contributed by atoms with Gasteiger partial charge in [-0.05, 0) is 56.1 Å². The number of carbonyl (C=O) groups excluding carboxylic acids is 1. The number of carbonyl (C=O) groups is 1. The van der Waals surface area contributed by atoms with Crippen LogP contribution in [0.25, 0.3) is 0 Å². The van der Waals surface area contributed by atoms with Crippen molar-refractivity contribution < 1.29 is 14.3 Å². The van der Waals surface area contributed by atoms with Crippen molar-refractivity contribution in [3.63, 3.8) is 0 Å². The van der Waals surface area contributed by atoms with Crippen LogP contribution in [0, 0.1) is 11.8 Å². The van der Waals surface area contributed by atoms with Crippen LogP contribution in [-0.4, -0.2) is 25.3 Å². The largest absolute Gasteiger partial charge is 0.365 e. The fourth-order valence-corrected chi connectivity index (χ4v) is 6.34. The van der Waals surface area contributed by atoms with E-state index < -0.39 is 11.8 Å². The third kappa shape index (κ3) is 5.49. The van der Waals surface area contributed by atoms with Gasteiger partial charge in [-0.25, -0.2) is 0 Å². The molecule has 2 fully saturated rings. The Bertz CT molecular complexity index is 964. The first-order valence-corrected chi connectivity index (χ1v) is 13.9. The normalized spacial score (nSPS) is 25.5.